The van der Waals surface area contributed by atoms with Gasteiger partial charge in [-0.3, -0.25) is 14.8 Å². The second-order valence-corrected chi connectivity index (χ2v) is 8.98. The molecular formula is C26H26ClF2N7O3. The molecule has 204 valence electrons. The van der Waals surface area contributed by atoms with Crippen LogP contribution in [0.1, 0.15) is 36.3 Å². The minimum atomic E-state index is -1.28. The van der Waals surface area contributed by atoms with E-state index in [9.17, 15) is 13.6 Å². The number of rotatable bonds is 10. The summed E-state index contributed by atoms with van der Waals surface area (Å²) in [6, 6.07) is 6.77. The van der Waals surface area contributed by atoms with E-state index in [4.69, 9.17) is 37.2 Å². The summed E-state index contributed by atoms with van der Waals surface area (Å²) in [6.07, 6.45) is 1.71. The van der Waals surface area contributed by atoms with Crippen LogP contribution < -0.4 is 21.3 Å². The fraction of sp³-hybridized carbons (Fsp3) is 0.269. The molecule has 4 rings (SSSR count). The van der Waals surface area contributed by atoms with Gasteiger partial charge in [-0.25, -0.2) is 19.3 Å². The molecule has 0 aliphatic carbocycles. The average molecular weight is 558 g/mol. The first-order valence-corrected chi connectivity index (χ1v) is 12.2. The van der Waals surface area contributed by atoms with Crippen molar-refractivity contribution in [1.29, 1.82) is 5.41 Å². The van der Waals surface area contributed by atoms with Gasteiger partial charge in [0, 0.05) is 25.8 Å². The lowest BCUT2D eigenvalue weighted by Gasteiger charge is -2.22. The van der Waals surface area contributed by atoms with Crippen LogP contribution in [-0.2, 0) is 11.3 Å². The van der Waals surface area contributed by atoms with Crippen LogP contribution in [0.2, 0.25) is 5.02 Å². The van der Waals surface area contributed by atoms with Gasteiger partial charge in [0.1, 0.15) is 23.8 Å². The fourth-order valence-corrected chi connectivity index (χ4v) is 4.45. The van der Waals surface area contributed by atoms with Crippen LogP contribution in [0.5, 0.6) is 5.75 Å². The first-order valence-electron chi connectivity index (χ1n) is 11.9. The molecule has 10 nitrogen and oxygen atoms in total. The molecule has 0 spiro atoms. The molecule has 1 unspecified atom stereocenters. The molecule has 2 aromatic carbocycles. The van der Waals surface area contributed by atoms with E-state index in [0.717, 1.165) is 0 Å². The quantitative estimate of drug-likeness (QED) is 0.193. The third kappa shape index (κ3) is 5.38. The van der Waals surface area contributed by atoms with Gasteiger partial charge in [0.15, 0.2) is 11.6 Å². The molecule has 13 heteroatoms. The molecule has 4 N–H and O–H groups in total. The summed E-state index contributed by atoms with van der Waals surface area (Å²) in [5, 5.41) is 12.3. The second-order valence-electron chi connectivity index (χ2n) is 8.57. The minimum absolute atomic E-state index is 0.0510. The molecule has 2 heterocycles. The summed E-state index contributed by atoms with van der Waals surface area (Å²) >= 11 is 6.32. The Kier molecular flexibility index (Phi) is 8.36. The number of nitrogens with one attached hydrogen (secondary N) is 2. The van der Waals surface area contributed by atoms with Crippen LogP contribution in [0, 0.1) is 17.0 Å². The van der Waals surface area contributed by atoms with E-state index < -0.39 is 23.4 Å². The highest BCUT2D eigenvalue weighted by molar-refractivity contribution is 6.35. The average Bonchev–Trinajstić information content (AvgIpc) is 2.91. The lowest BCUT2D eigenvalue weighted by molar-refractivity contribution is 0.189. The highest BCUT2D eigenvalue weighted by atomic mass is 35.5. The topological polar surface area (TPSA) is 141 Å². The molecule has 0 saturated heterocycles. The molecule has 2 aromatic heterocycles. The zero-order valence-corrected chi connectivity index (χ0v) is 22.1. The van der Waals surface area contributed by atoms with Crippen molar-refractivity contribution in [2.24, 2.45) is 0 Å². The molecule has 4 aromatic rings. The number of methoxy groups -OCH3 is 2. The number of fused-ring (bicyclic) bond motifs is 1. The Morgan fingerprint density at radius 3 is 2.69 bits per heavy atom. The van der Waals surface area contributed by atoms with Crippen molar-refractivity contribution in [3.63, 3.8) is 0 Å². The fourth-order valence-electron chi connectivity index (χ4n) is 4.20. The predicted octanol–water partition coefficient (Wildman–Crippen LogP) is 4.33. The molecule has 39 heavy (non-hydrogen) atoms. The van der Waals surface area contributed by atoms with Crippen LogP contribution >= 0.6 is 11.6 Å². The number of benzene rings is 2. The Labute approximate surface area is 227 Å². The number of nitrogens with two attached hydrogens (primary N) is 1. The van der Waals surface area contributed by atoms with Crippen LogP contribution in [0.25, 0.3) is 10.9 Å². The molecule has 0 radical (unpaired) electrons. The van der Waals surface area contributed by atoms with E-state index in [0.29, 0.717) is 36.3 Å². The molecule has 0 aliphatic heterocycles. The number of anilines is 2. The van der Waals surface area contributed by atoms with Crippen molar-refractivity contribution < 1.29 is 18.3 Å². The Balaban J connectivity index is 1.78. The standard InChI is InChI=1S/C26H26ClF2N7O3/c1-13(25-35-16-7-4-6-15(27)18(16)26(37)36(25)10-5-11-38-2)34-24-19(23(31)32-12-33-24)22(30)14-8-9-17(39-3)21(29)20(14)28/h4,6-9,12-13,30H,5,10-11H2,1-3H3,(H3,31,32,33,34). The Hall–Kier alpha value is -4.16. The highest BCUT2D eigenvalue weighted by Gasteiger charge is 2.25. The van der Waals surface area contributed by atoms with Crippen LogP contribution in [-0.4, -0.2) is 46.1 Å². The Morgan fingerprint density at radius 1 is 1.21 bits per heavy atom. The van der Waals surface area contributed by atoms with E-state index in [-0.39, 0.29) is 39.1 Å². The van der Waals surface area contributed by atoms with Gasteiger partial charge in [-0.15, -0.1) is 0 Å². The zero-order valence-electron chi connectivity index (χ0n) is 21.4. The maximum absolute atomic E-state index is 14.8. The second kappa shape index (κ2) is 11.7. The molecular weight excluding hydrogens is 532 g/mol. The van der Waals surface area contributed by atoms with Gasteiger partial charge in [-0.2, -0.15) is 4.39 Å². The number of nitrogens with zero attached hydrogens (tertiary/aromatic N) is 4. The number of hydrogen-bond acceptors (Lipinski definition) is 9. The summed E-state index contributed by atoms with van der Waals surface area (Å²) in [5.41, 5.74) is 5.30. The minimum Gasteiger partial charge on any atom is -0.494 e. The van der Waals surface area contributed by atoms with Gasteiger partial charge < -0.3 is 20.5 Å². The van der Waals surface area contributed by atoms with E-state index in [1.807, 2.05) is 0 Å². The van der Waals surface area contributed by atoms with Crippen molar-refractivity contribution in [3.05, 3.63) is 80.6 Å². The van der Waals surface area contributed by atoms with Crippen LogP contribution in [0.15, 0.2) is 41.5 Å². The van der Waals surface area contributed by atoms with E-state index in [1.54, 1.807) is 32.2 Å². The summed E-state index contributed by atoms with van der Waals surface area (Å²) in [5.74, 6) is -2.51. The first-order chi connectivity index (χ1) is 18.7. The van der Waals surface area contributed by atoms with Gasteiger partial charge in [-0.1, -0.05) is 17.7 Å². The maximum atomic E-state index is 14.8. The lowest BCUT2D eigenvalue weighted by atomic mass is 10.0. The van der Waals surface area contributed by atoms with Gasteiger partial charge in [0.25, 0.3) is 5.56 Å². The molecule has 0 bridgehead atoms. The van der Waals surface area contributed by atoms with Gasteiger partial charge in [0.05, 0.1) is 40.4 Å². The van der Waals surface area contributed by atoms with Crippen molar-refractivity contribution in [2.75, 3.05) is 31.9 Å². The van der Waals surface area contributed by atoms with Crippen molar-refractivity contribution in [3.8, 4) is 5.75 Å². The Bertz CT molecular complexity index is 1610. The molecule has 0 amide bonds. The van der Waals surface area contributed by atoms with Crippen LogP contribution in [0.4, 0.5) is 20.4 Å². The smallest absolute Gasteiger partial charge is 0.262 e. The Morgan fingerprint density at radius 2 is 1.97 bits per heavy atom. The third-order valence-electron chi connectivity index (χ3n) is 6.10. The van der Waals surface area contributed by atoms with Crippen LogP contribution in [0.3, 0.4) is 0 Å². The van der Waals surface area contributed by atoms with Crippen molar-refractivity contribution in [1.82, 2.24) is 19.5 Å². The number of nitrogen functional groups attached to an aromatic ring is 1. The molecule has 0 saturated carbocycles. The third-order valence-corrected chi connectivity index (χ3v) is 6.41. The SMILES string of the molecule is COCCCn1c(C(C)Nc2ncnc(N)c2C(=N)c2ccc(OC)c(F)c2F)nc2cccc(Cl)c2c1=O. The number of halogens is 3. The van der Waals surface area contributed by atoms with Gasteiger partial charge in [0.2, 0.25) is 5.82 Å². The largest absolute Gasteiger partial charge is 0.494 e. The molecule has 0 aliphatic rings. The molecule has 0 fully saturated rings. The first kappa shape index (κ1) is 27.9. The van der Waals surface area contributed by atoms with E-state index in [1.165, 1.54) is 30.1 Å². The predicted molar refractivity (Wildman–Crippen MR) is 145 cm³/mol. The van der Waals surface area contributed by atoms with Gasteiger partial charge >= 0.3 is 0 Å². The lowest BCUT2D eigenvalue weighted by Crippen LogP contribution is -2.29. The summed E-state index contributed by atoms with van der Waals surface area (Å²) in [6.45, 7) is 2.46. The van der Waals surface area contributed by atoms with Crippen molar-refractivity contribution >= 4 is 39.9 Å². The van der Waals surface area contributed by atoms with E-state index >= 15 is 0 Å². The highest BCUT2D eigenvalue weighted by Crippen LogP contribution is 2.29. The summed E-state index contributed by atoms with van der Waals surface area (Å²) in [7, 11) is 2.77. The van der Waals surface area contributed by atoms with Crippen molar-refractivity contribution in [2.45, 2.75) is 25.9 Å². The summed E-state index contributed by atoms with van der Waals surface area (Å²) in [4.78, 5) is 26.3. The molecule has 1 atom stereocenters. The number of ether oxygens (including phenoxy) is 2. The zero-order chi connectivity index (χ0) is 28.3. The number of aromatic nitrogens is 4. The normalized spacial score (nSPS) is 11.9. The maximum Gasteiger partial charge on any atom is 0.262 e. The number of hydrogen-bond donors (Lipinski definition) is 3. The van der Waals surface area contributed by atoms with E-state index in [2.05, 4.69) is 15.3 Å². The summed E-state index contributed by atoms with van der Waals surface area (Å²) < 4.78 is 40.7. The monoisotopic (exact) mass is 557 g/mol. The van der Waals surface area contributed by atoms with Gasteiger partial charge in [-0.05, 0) is 37.6 Å².